The van der Waals surface area contributed by atoms with E-state index in [-0.39, 0.29) is 5.43 Å². The Morgan fingerprint density at radius 1 is 1.17 bits per heavy atom. The number of nitrogens with one attached hydrogen (secondary N) is 1. The van der Waals surface area contributed by atoms with Crippen LogP contribution in [-0.4, -0.2) is 14.8 Å². The number of fused-ring (bicyclic) bond motifs is 1. The average molecular weight is 239 g/mol. The van der Waals surface area contributed by atoms with Gasteiger partial charge in [0, 0.05) is 11.8 Å². The number of aromatic amines is 1. The van der Waals surface area contributed by atoms with Gasteiger partial charge in [0.25, 0.3) is 0 Å². The van der Waals surface area contributed by atoms with Gasteiger partial charge in [-0.2, -0.15) is 5.10 Å². The molecule has 0 radical (unpaired) electrons. The highest BCUT2D eigenvalue weighted by molar-refractivity contribution is 5.79. The molecule has 0 aliphatic rings. The minimum Gasteiger partial charge on any atom is -0.343 e. The predicted octanol–water partition coefficient (Wildman–Crippen LogP) is 2.33. The van der Waals surface area contributed by atoms with E-state index in [0.717, 1.165) is 22.7 Å². The Labute approximate surface area is 104 Å². The topological polar surface area (TPSA) is 50.7 Å². The first-order chi connectivity index (χ1) is 8.66. The first-order valence-electron chi connectivity index (χ1n) is 5.81. The second kappa shape index (κ2) is 3.84. The molecule has 1 N–H and O–H groups in total. The van der Waals surface area contributed by atoms with Gasteiger partial charge in [-0.05, 0) is 26.0 Å². The van der Waals surface area contributed by atoms with Crippen molar-refractivity contribution >= 4 is 11.0 Å². The number of para-hydroxylation sites is 1. The van der Waals surface area contributed by atoms with Gasteiger partial charge < -0.3 is 4.98 Å². The Hall–Kier alpha value is -2.36. The van der Waals surface area contributed by atoms with Crippen LogP contribution in [0.5, 0.6) is 0 Å². The molecule has 4 nitrogen and oxygen atoms in total. The minimum atomic E-state index is 0.0148. The lowest BCUT2D eigenvalue weighted by molar-refractivity contribution is 0.875. The average Bonchev–Trinajstić information content (AvgIpc) is 2.67. The lowest BCUT2D eigenvalue weighted by atomic mass is 10.2. The quantitative estimate of drug-likeness (QED) is 0.708. The van der Waals surface area contributed by atoms with Gasteiger partial charge in [-0.25, -0.2) is 4.68 Å². The zero-order valence-corrected chi connectivity index (χ0v) is 10.3. The van der Waals surface area contributed by atoms with Crippen LogP contribution in [0.25, 0.3) is 16.7 Å². The molecule has 0 amide bonds. The van der Waals surface area contributed by atoms with Crippen molar-refractivity contribution in [2.45, 2.75) is 13.8 Å². The number of benzene rings is 1. The fourth-order valence-electron chi connectivity index (χ4n) is 2.19. The fraction of sp³-hybridized carbons (Fsp3) is 0.143. The Kier molecular flexibility index (Phi) is 2.30. The van der Waals surface area contributed by atoms with E-state index in [1.165, 1.54) is 0 Å². The number of H-pyrrole nitrogens is 1. The third-order valence-corrected chi connectivity index (χ3v) is 2.97. The summed E-state index contributed by atoms with van der Waals surface area (Å²) in [4.78, 5) is 15.2. The number of rotatable bonds is 1. The molecule has 0 saturated heterocycles. The van der Waals surface area contributed by atoms with Crippen molar-refractivity contribution in [3.8, 4) is 5.69 Å². The van der Waals surface area contributed by atoms with Gasteiger partial charge in [-0.3, -0.25) is 4.79 Å². The molecule has 2 aromatic heterocycles. The molecule has 3 aromatic rings. The molecule has 0 saturated carbocycles. The van der Waals surface area contributed by atoms with Crippen molar-refractivity contribution in [2.24, 2.45) is 0 Å². The molecule has 4 heteroatoms. The van der Waals surface area contributed by atoms with Gasteiger partial charge in [0.1, 0.15) is 5.65 Å². The van der Waals surface area contributed by atoms with Crippen molar-refractivity contribution in [1.29, 1.82) is 0 Å². The van der Waals surface area contributed by atoms with Crippen molar-refractivity contribution in [2.75, 3.05) is 0 Å². The number of hydrogen-bond donors (Lipinski definition) is 1. The lowest BCUT2D eigenvalue weighted by Crippen LogP contribution is -2.04. The summed E-state index contributed by atoms with van der Waals surface area (Å²) in [7, 11) is 0. The fourth-order valence-corrected chi connectivity index (χ4v) is 2.19. The van der Waals surface area contributed by atoms with Crippen LogP contribution in [0.3, 0.4) is 0 Å². The summed E-state index contributed by atoms with van der Waals surface area (Å²) in [6, 6.07) is 11.4. The van der Waals surface area contributed by atoms with E-state index in [1.807, 2.05) is 44.2 Å². The third-order valence-electron chi connectivity index (χ3n) is 2.97. The Balaban J connectivity index is 2.42. The van der Waals surface area contributed by atoms with E-state index in [4.69, 9.17) is 0 Å². The smallest absolute Gasteiger partial charge is 0.193 e. The molecule has 2 heterocycles. The van der Waals surface area contributed by atoms with Crippen LogP contribution >= 0.6 is 0 Å². The van der Waals surface area contributed by atoms with E-state index in [0.29, 0.717) is 5.39 Å². The maximum absolute atomic E-state index is 12.0. The molecule has 0 spiro atoms. The zero-order chi connectivity index (χ0) is 12.7. The van der Waals surface area contributed by atoms with Gasteiger partial charge in [-0.1, -0.05) is 18.2 Å². The maximum atomic E-state index is 12.0. The Morgan fingerprint density at radius 2 is 1.89 bits per heavy atom. The summed E-state index contributed by atoms with van der Waals surface area (Å²) >= 11 is 0. The molecule has 18 heavy (non-hydrogen) atoms. The van der Waals surface area contributed by atoms with Crippen molar-refractivity contribution in [1.82, 2.24) is 14.8 Å². The van der Waals surface area contributed by atoms with E-state index < -0.39 is 0 Å². The molecule has 0 atom stereocenters. The van der Waals surface area contributed by atoms with E-state index >= 15 is 0 Å². The summed E-state index contributed by atoms with van der Waals surface area (Å²) < 4.78 is 1.78. The molecule has 3 rings (SSSR count). The van der Waals surface area contributed by atoms with Crippen molar-refractivity contribution in [3.63, 3.8) is 0 Å². The third kappa shape index (κ3) is 1.54. The second-order valence-corrected chi connectivity index (χ2v) is 4.37. The molecule has 0 bridgehead atoms. The maximum Gasteiger partial charge on any atom is 0.193 e. The summed E-state index contributed by atoms with van der Waals surface area (Å²) in [5.74, 6) is 0. The van der Waals surface area contributed by atoms with Gasteiger partial charge in [-0.15, -0.1) is 0 Å². The van der Waals surface area contributed by atoms with E-state index in [2.05, 4.69) is 10.1 Å². The first-order valence-corrected chi connectivity index (χ1v) is 5.81. The molecule has 0 unspecified atom stereocenters. The van der Waals surface area contributed by atoms with Gasteiger partial charge in [0.15, 0.2) is 5.43 Å². The van der Waals surface area contributed by atoms with Crippen molar-refractivity contribution in [3.05, 3.63) is 58.0 Å². The standard InChI is InChI=1S/C14H13N3O/c1-9-8-12(18)13-10(2)16-17(14(13)15-9)11-6-4-3-5-7-11/h3-8H,1-2H3,(H,15,18). The number of nitrogens with zero attached hydrogens (tertiary/aromatic N) is 2. The lowest BCUT2D eigenvalue weighted by Gasteiger charge is -2.03. The minimum absolute atomic E-state index is 0.0148. The van der Waals surface area contributed by atoms with E-state index in [9.17, 15) is 4.79 Å². The highest BCUT2D eigenvalue weighted by Crippen LogP contribution is 2.17. The second-order valence-electron chi connectivity index (χ2n) is 4.37. The van der Waals surface area contributed by atoms with Gasteiger partial charge in [0.05, 0.1) is 16.8 Å². The number of aromatic nitrogens is 3. The molecule has 1 aromatic carbocycles. The highest BCUT2D eigenvalue weighted by Gasteiger charge is 2.12. The van der Waals surface area contributed by atoms with Crippen LogP contribution in [0.15, 0.2) is 41.2 Å². The molecule has 90 valence electrons. The van der Waals surface area contributed by atoms with Crippen LogP contribution in [0, 0.1) is 13.8 Å². The summed E-state index contributed by atoms with van der Waals surface area (Å²) in [6.45, 7) is 3.73. The van der Waals surface area contributed by atoms with Crippen LogP contribution in [0.4, 0.5) is 0 Å². The van der Waals surface area contributed by atoms with Crippen LogP contribution in [0.1, 0.15) is 11.4 Å². The molecular formula is C14H13N3O. The van der Waals surface area contributed by atoms with Crippen LogP contribution in [0.2, 0.25) is 0 Å². The highest BCUT2D eigenvalue weighted by atomic mass is 16.1. The van der Waals surface area contributed by atoms with Gasteiger partial charge in [0.2, 0.25) is 0 Å². The zero-order valence-electron chi connectivity index (χ0n) is 10.3. The molecule has 0 aliphatic carbocycles. The van der Waals surface area contributed by atoms with Crippen LogP contribution in [-0.2, 0) is 0 Å². The normalized spacial score (nSPS) is 11.0. The summed E-state index contributed by atoms with van der Waals surface area (Å²) in [5.41, 5.74) is 3.29. The SMILES string of the molecule is Cc1cc(=O)c2c(C)nn(-c3ccccc3)c2[nH]1. The molecular weight excluding hydrogens is 226 g/mol. The van der Waals surface area contributed by atoms with Gasteiger partial charge >= 0.3 is 0 Å². The predicted molar refractivity (Wildman–Crippen MR) is 71.2 cm³/mol. The Morgan fingerprint density at radius 3 is 2.61 bits per heavy atom. The number of hydrogen-bond acceptors (Lipinski definition) is 2. The van der Waals surface area contributed by atoms with E-state index in [1.54, 1.807) is 10.7 Å². The largest absolute Gasteiger partial charge is 0.343 e. The van der Waals surface area contributed by atoms with Crippen molar-refractivity contribution < 1.29 is 0 Å². The molecule has 0 fully saturated rings. The monoisotopic (exact) mass is 239 g/mol. The number of aryl methyl sites for hydroxylation is 2. The summed E-state index contributed by atoms with van der Waals surface area (Å²) in [5, 5.41) is 5.10. The number of pyridine rings is 1. The van der Waals surface area contributed by atoms with Crippen LogP contribution < -0.4 is 5.43 Å². The Bertz CT molecular complexity index is 769. The molecule has 0 aliphatic heterocycles. The first kappa shape index (κ1) is 10.8. The summed E-state index contributed by atoms with van der Waals surface area (Å²) in [6.07, 6.45) is 0.